The number of hydrogen-bond acceptors (Lipinski definition) is 6. The molecule has 0 radical (unpaired) electrons. The molecule has 172 valence electrons. The fraction of sp³-hybridized carbons (Fsp3) is 0.700. The van der Waals surface area contributed by atoms with Crippen LogP contribution in [0.3, 0.4) is 0 Å². The molecule has 0 rings (SSSR count). The van der Waals surface area contributed by atoms with Gasteiger partial charge in [-0.2, -0.15) is 0 Å². The summed E-state index contributed by atoms with van der Waals surface area (Å²) >= 11 is 0. The van der Waals surface area contributed by atoms with Crippen LogP contribution < -0.4 is 0 Å². The highest BCUT2D eigenvalue weighted by Gasteiger charge is 2.39. The van der Waals surface area contributed by atoms with Crippen molar-refractivity contribution >= 4 is 37.1 Å². The average molecular weight is 465 g/mol. The van der Waals surface area contributed by atoms with Crippen molar-refractivity contribution in [1.29, 1.82) is 0 Å². The molecule has 0 aliphatic carbocycles. The minimum atomic E-state index is -2.28. The topological polar surface area (TPSA) is 71.1 Å². The molecule has 0 unspecified atom stereocenters. The molecule has 6 nitrogen and oxygen atoms in total. The fourth-order valence-electron chi connectivity index (χ4n) is 2.91. The molecule has 0 aromatic rings. The molecule has 29 heavy (non-hydrogen) atoms. The van der Waals surface area contributed by atoms with E-state index in [1.165, 1.54) is 12.2 Å². The molecule has 0 N–H and O–H groups in total. The summed E-state index contributed by atoms with van der Waals surface area (Å²) in [6, 6.07) is 1.80. The monoisotopic (exact) mass is 464 g/mol. The van der Waals surface area contributed by atoms with E-state index in [0.29, 0.717) is 13.2 Å². The Morgan fingerprint density at radius 2 is 1.03 bits per heavy atom. The predicted octanol–water partition coefficient (Wildman–Crippen LogP) is 5.64. The maximum atomic E-state index is 11.1. The molecule has 0 saturated heterocycles. The Hall–Kier alpha value is -1.01. The van der Waals surface area contributed by atoms with Gasteiger partial charge in [0, 0.05) is 12.2 Å². The fourth-order valence-corrected chi connectivity index (χ4v) is 16.9. The van der Waals surface area contributed by atoms with Gasteiger partial charge in [0.2, 0.25) is 0 Å². The summed E-state index contributed by atoms with van der Waals surface area (Å²) in [5, 5.41) is 0. The van der Waals surface area contributed by atoms with Gasteiger partial charge in [-0.15, -0.1) is 0 Å². The van der Waals surface area contributed by atoms with Crippen molar-refractivity contribution in [2.75, 3.05) is 13.2 Å². The number of hydrogen-bond donors (Lipinski definition) is 0. The van der Waals surface area contributed by atoms with Crippen molar-refractivity contribution < 1.29 is 27.3 Å². The van der Waals surface area contributed by atoms with E-state index in [-0.39, 0.29) is 26.8 Å². The smallest absolute Gasteiger partial charge is 0.330 e. The molecule has 0 aliphatic heterocycles. The molecule has 0 spiro atoms. The summed E-state index contributed by atoms with van der Waals surface area (Å²) < 4.78 is 23.0. The van der Waals surface area contributed by atoms with Gasteiger partial charge in [-0.25, -0.2) is 9.59 Å². The Balaban J connectivity index is -0.00000338. The summed E-state index contributed by atoms with van der Waals surface area (Å²) in [7, 11) is -6.11. The molecule has 0 amide bonds. The number of rotatable bonds is 14. The first-order valence-electron chi connectivity index (χ1n) is 9.31. The van der Waals surface area contributed by atoms with Crippen LogP contribution in [-0.4, -0.2) is 50.3 Å². The second-order valence-corrected chi connectivity index (χ2v) is 20.5. The number of carbonyl (C=O) groups is 2. The minimum Gasteiger partial charge on any atom is -0.463 e. The lowest BCUT2D eigenvalue weighted by molar-refractivity contribution is -0.138. The first-order valence-corrected chi connectivity index (χ1v) is 18.4. The SMILES string of the molecule is C.C.C=CC(=O)OCCC[Si](C)(C)O[Si](C)(C)O[Si](C)(C)CCCOC(=O)C=C. The number of ether oxygens (including phenoxy) is 2. The largest absolute Gasteiger partial charge is 0.463 e. The summed E-state index contributed by atoms with van der Waals surface area (Å²) in [5.74, 6) is -0.778. The normalized spacial score (nSPS) is 11.5. The molecule has 9 heteroatoms. The van der Waals surface area contributed by atoms with Crippen LogP contribution in [0.4, 0.5) is 0 Å². The van der Waals surface area contributed by atoms with Crippen LogP contribution in [0.25, 0.3) is 0 Å². The maximum absolute atomic E-state index is 11.1. The van der Waals surface area contributed by atoms with Crippen LogP contribution in [0.15, 0.2) is 25.3 Å². The van der Waals surface area contributed by atoms with Crippen molar-refractivity contribution in [2.45, 2.75) is 79.1 Å². The Labute approximate surface area is 182 Å². The minimum absolute atomic E-state index is 0. The Bertz CT molecular complexity index is 474. The molecule has 0 aromatic carbocycles. The summed E-state index contributed by atoms with van der Waals surface area (Å²) in [6.45, 7) is 20.4. The van der Waals surface area contributed by atoms with E-state index < -0.39 is 25.2 Å². The first-order chi connectivity index (χ1) is 12.3. The van der Waals surface area contributed by atoms with Crippen LogP contribution >= 0.6 is 0 Å². The summed E-state index contributed by atoms with van der Waals surface area (Å²) in [5.41, 5.74) is 0. The third-order valence-corrected chi connectivity index (χ3v) is 15.2. The van der Waals surface area contributed by atoms with E-state index in [4.69, 9.17) is 17.7 Å². The molecule has 0 aromatic heterocycles. The number of carbonyl (C=O) groups excluding carboxylic acids is 2. The van der Waals surface area contributed by atoms with Crippen molar-refractivity contribution in [3.05, 3.63) is 25.3 Å². The zero-order chi connectivity index (χ0) is 21.1. The second kappa shape index (κ2) is 14.9. The standard InChI is InChI=1S/C18H36O6Si3.2CH4/c1-9-17(19)21-13-11-15-25(3,4)23-27(7,8)24-26(5,6)16-12-14-22-18(20)10-2;;/h9-10H,1-2,11-16H2,3-8H3;2*1H4. The zero-order valence-corrected chi connectivity index (χ0v) is 20.8. The lowest BCUT2D eigenvalue weighted by Crippen LogP contribution is -2.52. The van der Waals surface area contributed by atoms with Gasteiger partial charge in [0.25, 0.3) is 0 Å². The Kier molecular flexibility index (Phi) is 16.8. The lowest BCUT2D eigenvalue weighted by Gasteiger charge is -2.38. The highest BCUT2D eigenvalue weighted by Crippen LogP contribution is 2.26. The lowest BCUT2D eigenvalue weighted by atomic mass is 10.5. The average Bonchev–Trinajstić information content (AvgIpc) is 2.52. The molecule has 0 fully saturated rings. The van der Waals surface area contributed by atoms with Crippen LogP contribution in [0, 0.1) is 0 Å². The van der Waals surface area contributed by atoms with E-state index in [2.05, 4.69) is 52.4 Å². The van der Waals surface area contributed by atoms with Gasteiger partial charge >= 0.3 is 20.5 Å². The van der Waals surface area contributed by atoms with E-state index in [0.717, 1.165) is 24.9 Å². The molecule has 0 atom stereocenters. The predicted molar refractivity (Wildman–Crippen MR) is 129 cm³/mol. The summed E-state index contributed by atoms with van der Waals surface area (Å²) in [6.07, 6.45) is 3.90. The van der Waals surface area contributed by atoms with Crippen molar-refractivity contribution in [1.82, 2.24) is 0 Å². The van der Waals surface area contributed by atoms with Crippen molar-refractivity contribution in [3.8, 4) is 0 Å². The van der Waals surface area contributed by atoms with Crippen molar-refractivity contribution in [3.63, 3.8) is 0 Å². The molecular formula is C20H44O6Si3. The molecule has 0 bridgehead atoms. The van der Waals surface area contributed by atoms with Gasteiger partial charge in [0.1, 0.15) is 0 Å². The molecule has 0 heterocycles. The van der Waals surface area contributed by atoms with Gasteiger partial charge in [0.05, 0.1) is 13.2 Å². The second-order valence-electron chi connectivity index (χ2n) is 8.07. The van der Waals surface area contributed by atoms with E-state index in [9.17, 15) is 9.59 Å². The van der Waals surface area contributed by atoms with Crippen LogP contribution in [-0.2, 0) is 27.3 Å². The quantitative estimate of drug-likeness (QED) is 0.143. The Morgan fingerprint density at radius 3 is 1.31 bits per heavy atom. The van der Waals surface area contributed by atoms with Crippen molar-refractivity contribution in [2.24, 2.45) is 0 Å². The van der Waals surface area contributed by atoms with Crippen LogP contribution in [0.2, 0.25) is 51.4 Å². The maximum Gasteiger partial charge on any atom is 0.330 e. The van der Waals surface area contributed by atoms with Crippen LogP contribution in [0.5, 0.6) is 0 Å². The van der Waals surface area contributed by atoms with E-state index in [1.807, 2.05) is 0 Å². The molecule has 0 saturated carbocycles. The van der Waals surface area contributed by atoms with Gasteiger partial charge in [-0.3, -0.25) is 0 Å². The third-order valence-electron chi connectivity index (χ3n) is 3.71. The van der Waals surface area contributed by atoms with E-state index >= 15 is 0 Å². The molecule has 0 aliphatic rings. The third kappa shape index (κ3) is 17.6. The van der Waals surface area contributed by atoms with Gasteiger partial charge in [-0.05, 0) is 64.2 Å². The summed E-state index contributed by atoms with van der Waals surface area (Å²) in [4.78, 5) is 22.2. The molecular weight excluding hydrogens is 420 g/mol. The van der Waals surface area contributed by atoms with Gasteiger partial charge in [0.15, 0.2) is 16.6 Å². The zero-order valence-electron chi connectivity index (χ0n) is 17.8. The van der Waals surface area contributed by atoms with Gasteiger partial charge < -0.3 is 17.7 Å². The number of esters is 2. The first kappa shape index (κ1) is 32.7. The van der Waals surface area contributed by atoms with Crippen LogP contribution in [0.1, 0.15) is 27.7 Å². The van der Waals surface area contributed by atoms with Gasteiger partial charge in [-0.1, -0.05) is 28.0 Å². The Morgan fingerprint density at radius 1 is 0.724 bits per heavy atom. The van der Waals surface area contributed by atoms with E-state index in [1.54, 1.807) is 0 Å². The highest BCUT2D eigenvalue weighted by atomic mass is 28.5. The highest BCUT2D eigenvalue weighted by molar-refractivity contribution is 6.87.